The molecular formula is C14H8BrClFNO3. The number of carboxylic acid groups (broad SMARTS) is 1. The summed E-state index contributed by atoms with van der Waals surface area (Å²) in [7, 11) is 0. The summed E-state index contributed by atoms with van der Waals surface area (Å²) in [5, 5.41) is 11.8. The van der Waals surface area contributed by atoms with Crippen LogP contribution in [-0.2, 0) is 0 Å². The van der Waals surface area contributed by atoms with E-state index in [9.17, 15) is 14.0 Å². The van der Waals surface area contributed by atoms with Gasteiger partial charge in [-0.2, -0.15) is 0 Å². The van der Waals surface area contributed by atoms with E-state index in [0.717, 1.165) is 0 Å². The molecule has 4 nitrogen and oxygen atoms in total. The normalized spacial score (nSPS) is 10.2. The lowest BCUT2D eigenvalue weighted by Gasteiger charge is -2.10. The van der Waals surface area contributed by atoms with E-state index >= 15 is 0 Å². The van der Waals surface area contributed by atoms with Gasteiger partial charge in [0.05, 0.1) is 21.3 Å². The number of hydrogen-bond acceptors (Lipinski definition) is 2. The number of hydrogen-bond donors (Lipinski definition) is 2. The summed E-state index contributed by atoms with van der Waals surface area (Å²) in [5.74, 6) is -2.45. The Morgan fingerprint density at radius 1 is 1.19 bits per heavy atom. The van der Waals surface area contributed by atoms with Gasteiger partial charge < -0.3 is 10.4 Å². The molecule has 21 heavy (non-hydrogen) atoms. The number of benzene rings is 2. The van der Waals surface area contributed by atoms with Gasteiger partial charge in [0.2, 0.25) is 0 Å². The van der Waals surface area contributed by atoms with Crippen molar-refractivity contribution in [1.82, 2.24) is 0 Å². The molecule has 0 saturated heterocycles. The third kappa shape index (κ3) is 3.40. The van der Waals surface area contributed by atoms with E-state index in [1.165, 1.54) is 36.4 Å². The van der Waals surface area contributed by atoms with Crippen LogP contribution in [0.25, 0.3) is 0 Å². The van der Waals surface area contributed by atoms with Crippen LogP contribution in [0.1, 0.15) is 20.7 Å². The fourth-order valence-electron chi connectivity index (χ4n) is 1.68. The number of nitrogens with one attached hydrogen (secondary N) is 1. The zero-order valence-electron chi connectivity index (χ0n) is 10.4. The first-order valence-electron chi connectivity index (χ1n) is 5.68. The van der Waals surface area contributed by atoms with E-state index in [1.54, 1.807) is 0 Å². The van der Waals surface area contributed by atoms with Crippen LogP contribution < -0.4 is 5.32 Å². The zero-order chi connectivity index (χ0) is 15.6. The second kappa shape index (κ2) is 6.24. The number of carbonyl (C=O) groups excluding carboxylic acids is 1. The van der Waals surface area contributed by atoms with Gasteiger partial charge in [-0.1, -0.05) is 17.7 Å². The molecule has 0 radical (unpaired) electrons. The number of halogens is 3. The third-order valence-electron chi connectivity index (χ3n) is 2.66. The highest BCUT2D eigenvalue weighted by Crippen LogP contribution is 2.25. The Balaban J connectivity index is 2.38. The molecule has 0 aliphatic heterocycles. The molecule has 1 amide bonds. The maximum atomic E-state index is 13.4. The molecule has 0 heterocycles. The van der Waals surface area contributed by atoms with Crippen molar-refractivity contribution in [1.29, 1.82) is 0 Å². The molecule has 2 aromatic carbocycles. The molecule has 2 N–H and O–H groups in total. The minimum Gasteiger partial charge on any atom is -0.478 e. The minimum absolute atomic E-state index is 0.00130. The summed E-state index contributed by atoms with van der Waals surface area (Å²) in [6, 6.07) is 7.98. The Hall–Kier alpha value is -1.92. The lowest BCUT2D eigenvalue weighted by atomic mass is 10.1. The summed E-state index contributed by atoms with van der Waals surface area (Å²) in [6.45, 7) is 0. The van der Waals surface area contributed by atoms with Crippen molar-refractivity contribution >= 4 is 45.1 Å². The van der Waals surface area contributed by atoms with Crippen molar-refractivity contribution in [2.75, 3.05) is 5.32 Å². The molecule has 0 atom stereocenters. The average Bonchev–Trinajstić information content (AvgIpc) is 2.41. The van der Waals surface area contributed by atoms with E-state index in [0.29, 0.717) is 0 Å². The molecule has 0 unspecified atom stereocenters. The largest absolute Gasteiger partial charge is 0.478 e. The number of rotatable bonds is 3. The highest BCUT2D eigenvalue weighted by atomic mass is 79.9. The first kappa shape index (κ1) is 15.5. The molecule has 0 aliphatic carbocycles. The van der Waals surface area contributed by atoms with Crippen LogP contribution in [0.4, 0.5) is 10.1 Å². The second-order valence-corrected chi connectivity index (χ2v) is 5.28. The van der Waals surface area contributed by atoms with Gasteiger partial charge in [0.25, 0.3) is 5.91 Å². The fraction of sp³-hybridized carbons (Fsp3) is 0. The molecule has 0 saturated carbocycles. The highest BCUT2D eigenvalue weighted by molar-refractivity contribution is 9.10. The highest BCUT2D eigenvalue weighted by Gasteiger charge is 2.17. The number of carbonyl (C=O) groups is 2. The monoisotopic (exact) mass is 371 g/mol. The molecule has 2 rings (SSSR count). The summed E-state index contributed by atoms with van der Waals surface area (Å²) >= 11 is 8.77. The van der Waals surface area contributed by atoms with Crippen LogP contribution in [0.15, 0.2) is 40.9 Å². The van der Waals surface area contributed by atoms with Gasteiger partial charge in [-0.05, 0) is 46.3 Å². The number of amides is 1. The molecule has 0 fully saturated rings. The van der Waals surface area contributed by atoms with Crippen LogP contribution in [-0.4, -0.2) is 17.0 Å². The van der Waals surface area contributed by atoms with Gasteiger partial charge in [-0.15, -0.1) is 0 Å². The minimum atomic E-state index is -1.21. The molecule has 2 aromatic rings. The predicted molar refractivity (Wildman–Crippen MR) is 80.5 cm³/mol. The Kier molecular flexibility index (Phi) is 4.59. The quantitative estimate of drug-likeness (QED) is 0.849. The second-order valence-electron chi connectivity index (χ2n) is 4.05. The van der Waals surface area contributed by atoms with Gasteiger partial charge in [0.1, 0.15) is 5.82 Å². The summed E-state index contributed by atoms with van der Waals surface area (Å²) in [6.07, 6.45) is 0. The van der Waals surface area contributed by atoms with Crippen LogP contribution >= 0.6 is 27.5 Å². The summed E-state index contributed by atoms with van der Waals surface area (Å²) < 4.78 is 13.4. The molecule has 108 valence electrons. The molecule has 0 aromatic heterocycles. The lowest BCUT2D eigenvalue weighted by Crippen LogP contribution is -2.15. The summed E-state index contributed by atoms with van der Waals surface area (Å²) in [5.41, 5.74) is -0.0252. The maximum absolute atomic E-state index is 13.4. The third-order valence-corrected chi connectivity index (χ3v) is 3.70. The lowest BCUT2D eigenvalue weighted by molar-refractivity contribution is 0.0698. The fourth-order valence-corrected chi connectivity index (χ4v) is 2.29. The average molecular weight is 373 g/mol. The first-order chi connectivity index (χ1) is 9.90. The Bertz CT molecular complexity index is 736. The summed E-state index contributed by atoms with van der Waals surface area (Å²) in [4.78, 5) is 23.2. The van der Waals surface area contributed by atoms with Crippen molar-refractivity contribution < 1.29 is 19.1 Å². The van der Waals surface area contributed by atoms with Gasteiger partial charge in [0, 0.05) is 5.02 Å². The standard InChI is InChI=1S/C14H8BrClFNO3/c15-12-9(2-1-3-10(12)17)13(19)18-11-6-7(16)4-5-8(11)14(20)21/h1-6H,(H,18,19)(H,20,21). The van der Waals surface area contributed by atoms with E-state index in [1.807, 2.05) is 0 Å². The van der Waals surface area contributed by atoms with Crippen molar-refractivity contribution in [3.63, 3.8) is 0 Å². The van der Waals surface area contributed by atoms with Gasteiger partial charge in [-0.3, -0.25) is 4.79 Å². The van der Waals surface area contributed by atoms with E-state index in [4.69, 9.17) is 16.7 Å². The van der Waals surface area contributed by atoms with Gasteiger partial charge in [-0.25, -0.2) is 9.18 Å². The van der Waals surface area contributed by atoms with E-state index in [-0.39, 0.29) is 26.3 Å². The number of aromatic carboxylic acids is 1. The van der Waals surface area contributed by atoms with E-state index < -0.39 is 17.7 Å². The topological polar surface area (TPSA) is 66.4 Å². The van der Waals surface area contributed by atoms with Gasteiger partial charge in [0.15, 0.2) is 0 Å². The van der Waals surface area contributed by atoms with E-state index in [2.05, 4.69) is 21.2 Å². The van der Waals surface area contributed by atoms with Crippen molar-refractivity contribution in [2.45, 2.75) is 0 Å². The SMILES string of the molecule is O=C(O)c1ccc(Cl)cc1NC(=O)c1cccc(F)c1Br. The predicted octanol–water partition coefficient (Wildman–Crippen LogP) is 4.19. The van der Waals surface area contributed by atoms with Crippen LogP contribution in [0.5, 0.6) is 0 Å². The number of carboxylic acids is 1. The smallest absolute Gasteiger partial charge is 0.337 e. The molecule has 0 aliphatic rings. The molecule has 0 bridgehead atoms. The Labute approximate surface area is 132 Å². The van der Waals surface area contributed by atoms with Crippen molar-refractivity contribution in [3.05, 3.63) is 62.8 Å². The van der Waals surface area contributed by atoms with Crippen molar-refractivity contribution in [2.24, 2.45) is 0 Å². The maximum Gasteiger partial charge on any atom is 0.337 e. The van der Waals surface area contributed by atoms with Crippen LogP contribution in [0.3, 0.4) is 0 Å². The Morgan fingerprint density at radius 2 is 1.90 bits per heavy atom. The van der Waals surface area contributed by atoms with Crippen LogP contribution in [0, 0.1) is 5.82 Å². The number of anilines is 1. The Morgan fingerprint density at radius 3 is 2.57 bits per heavy atom. The van der Waals surface area contributed by atoms with Gasteiger partial charge >= 0.3 is 5.97 Å². The first-order valence-corrected chi connectivity index (χ1v) is 6.85. The van der Waals surface area contributed by atoms with Crippen molar-refractivity contribution in [3.8, 4) is 0 Å². The molecular weight excluding hydrogens is 365 g/mol. The molecule has 7 heteroatoms. The molecule has 0 spiro atoms. The zero-order valence-corrected chi connectivity index (χ0v) is 12.7. The van der Waals surface area contributed by atoms with Crippen LogP contribution in [0.2, 0.25) is 5.02 Å².